The standard InChI is InChI=1S/C15H30N4O2/c1-3-5-13(11-16)15(21)19-9-7-18(8-10-19)12-14(20)17-6-4-2/h13H,3-12,16H2,1-2H3,(H,17,20). The van der Waals surface area contributed by atoms with E-state index in [4.69, 9.17) is 5.73 Å². The van der Waals surface area contributed by atoms with Crippen LogP contribution in [-0.2, 0) is 9.59 Å². The monoisotopic (exact) mass is 298 g/mol. The Bertz CT molecular complexity index is 328. The fourth-order valence-corrected chi connectivity index (χ4v) is 2.60. The van der Waals surface area contributed by atoms with Gasteiger partial charge in [-0.2, -0.15) is 0 Å². The lowest BCUT2D eigenvalue weighted by atomic mass is 10.0. The summed E-state index contributed by atoms with van der Waals surface area (Å²) in [6, 6.07) is 0. The van der Waals surface area contributed by atoms with E-state index in [9.17, 15) is 9.59 Å². The summed E-state index contributed by atoms with van der Waals surface area (Å²) in [5.74, 6) is 0.200. The van der Waals surface area contributed by atoms with Gasteiger partial charge in [-0.3, -0.25) is 14.5 Å². The Hall–Kier alpha value is -1.14. The lowest BCUT2D eigenvalue weighted by Crippen LogP contribution is -2.53. The Kier molecular flexibility index (Phi) is 8.30. The lowest BCUT2D eigenvalue weighted by Gasteiger charge is -2.36. The van der Waals surface area contributed by atoms with Crippen LogP contribution in [0.15, 0.2) is 0 Å². The van der Waals surface area contributed by atoms with Crippen LogP contribution in [-0.4, -0.2) is 67.4 Å². The highest BCUT2D eigenvalue weighted by molar-refractivity contribution is 5.79. The Balaban J connectivity index is 2.34. The third kappa shape index (κ3) is 6.01. The van der Waals surface area contributed by atoms with Crippen LogP contribution in [0.1, 0.15) is 33.1 Å². The Morgan fingerprint density at radius 1 is 1.14 bits per heavy atom. The summed E-state index contributed by atoms with van der Waals surface area (Å²) in [4.78, 5) is 28.0. The third-order valence-corrected chi connectivity index (χ3v) is 3.89. The first-order chi connectivity index (χ1) is 10.1. The van der Waals surface area contributed by atoms with Gasteiger partial charge in [0.05, 0.1) is 12.5 Å². The van der Waals surface area contributed by atoms with Crippen LogP contribution in [0.3, 0.4) is 0 Å². The maximum absolute atomic E-state index is 12.3. The van der Waals surface area contributed by atoms with Crippen molar-refractivity contribution >= 4 is 11.8 Å². The number of carbonyl (C=O) groups excluding carboxylic acids is 2. The molecule has 0 aromatic heterocycles. The van der Waals surface area contributed by atoms with Gasteiger partial charge in [-0.05, 0) is 12.8 Å². The van der Waals surface area contributed by atoms with Gasteiger partial charge in [-0.25, -0.2) is 0 Å². The number of nitrogens with two attached hydrogens (primary N) is 1. The summed E-state index contributed by atoms with van der Waals surface area (Å²) in [6.45, 7) is 8.59. The van der Waals surface area contributed by atoms with E-state index in [-0.39, 0.29) is 17.7 Å². The number of carbonyl (C=O) groups is 2. The molecule has 0 aromatic carbocycles. The smallest absolute Gasteiger partial charge is 0.234 e. The van der Waals surface area contributed by atoms with Gasteiger partial charge in [-0.1, -0.05) is 20.3 Å². The van der Waals surface area contributed by atoms with Crippen molar-refractivity contribution < 1.29 is 9.59 Å². The van der Waals surface area contributed by atoms with Crippen LogP contribution in [0.2, 0.25) is 0 Å². The molecule has 1 heterocycles. The van der Waals surface area contributed by atoms with Gasteiger partial charge in [0.25, 0.3) is 0 Å². The number of hydrogen-bond acceptors (Lipinski definition) is 4. The maximum Gasteiger partial charge on any atom is 0.234 e. The van der Waals surface area contributed by atoms with Gasteiger partial charge in [0.2, 0.25) is 11.8 Å². The largest absolute Gasteiger partial charge is 0.355 e. The van der Waals surface area contributed by atoms with Crippen molar-refractivity contribution in [3.8, 4) is 0 Å². The van der Waals surface area contributed by atoms with E-state index in [0.717, 1.165) is 38.9 Å². The molecule has 122 valence electrons. The second-order valence-electron chi connectivity index (χ2n) is 5.67. The minimum Gasteiger partial charge on any atom is -0.355 e. The molecule has 0 saturated carbocycles. The number of nitrogens with zero attached hydrogens (tertiary/aromatic N) is 2. The summed E-state index contributed by atoms with van der Waals surface area (Å²) in [5, 5.41) is 2.88. The van der Waals surface area contributed by atoms with Crippen LogP contribution in [0.5, 0.6) is 0 Å². The molecule has 1 atom stereocenters. The predicted molar refractivity (Wildman–Crippen MR) is 83.8 cm³/mol. The molecule has 6 nitrogen and oxygen atoms in total. The first-order valence-electron chi connectivity index (χ1n) is 8.10. The quantitative estimate of drug-likeness (QED) is 0.663. The van der Waals surface area contributed by atoms with E-state index in [2.05, 4.69) is 17.1 Å². The van der Waals surface area contributed by atoms with E-state index < -0.39 is 0 Å². The Labute approximate surface area is 128 Å². The Morgan fingerprint density at radius 2 is 1.81 bits per heavy atom. The zero-order valence-electron chi connectivity index (χ0n) is 13.4. The highest BCUT2D eigenvalue weighted by Crippen LogP contribution is 2.11. The van der Waals surface area contributed by atoms with Crippen LogP contribution in [0, 0.1) is 5.92 Å². The molecule has 3 N–H and O–H groups in total. The van der Waals surface area contributed by atoms with Crippen molar-refractivity contribution in [2.45, 2.75) is 33.1 Å². The summed E-state index contributed by atoms with van der Waals surface area (Å²) >= 11 is 0. The van der Waals surface area contributed by atoms with Crippen molar-refractivity contribution in [1.29, 1.82) is 0 Å². The molecule has 1 unspecified atom stereocenters. The van der Waals surface area contributed by atoms with Crippen LogP contribution >= 0.6 is 0 Å². The average molecular weight is 298 g/mol. The summed E-state index contributed by atoms with van der Waals surface area (Å²) in [6.07, 6.45) is 2.78. The predicted octanol–water partition coefficient (Wildman–Crippen LogP) is 0.0318. The third-order valence-electron chi connectivity index (χ3n) is 3.89. The number of amides is 2. The van der Waals surface area contributed by atoms with E-state index >= 15 is 0 Å². The second kappa shape index (κ2) is 9.73. The molecule has 21 heavy (non-hydrogen) atoms. The fraction of sp³-hybridized carbons (Fsp3) is 0.867. The molecule has 0 bridgehead atoms. The van der Waals surface area contributed by atoms with Crippen LogP contribution < -0.4 is 11.1 Å². The number of rotatable bonds is 8. The van der Waals surface area contributed by atoms with Crippen LogP contribution in [0.4, 0.5) is 0 Å². The van der Waals surface area contributed by atoms with Crippen LogP contribution in [0.25, 0.3) is 0 Å². The van der Waals surface area contributed by atoms with Crippen molar-refractivity contribution in [2.24, 2.45) is 11.7 Å². The zero-order valence-corrected chi connectivity index (χ0v) is 13.4. The van der Waals surface area contributed by atoms with Gasteiger partial charge < -0.3 is 16.0 Å². The van der Waals surface area contributed by atoms with E-state index in [1.165, 1.54) is 0 Å². The molecule has 0 aliphatic carbocycles. The van der Waals surface area contributed by atoms with Gasteiger partial charge >= 0.3 is 0 Å². The van der Waals surface area contributed by atoms with E-state index in [1.54, 1.807) is 0 Å². The molecule has 0 aromatic rings. The SMILES string of the molecule is CCCNC(=O)CN1CCN(C(=O)C(CN)CCC)CC1. The van der Waals surface area contributed by atoms with Crippen molar-refractivity contribution in [3.63, 3.8) is 0 Å². The molecular weight excluding hydrogens is 268 g/mol. The van der Waals surface area contributed by atoms with Gasteiger partial charge in [0, 0.05) is 39.3 Å². The topological polar surface area (TPSA) is 78.7 Å². The van der Waals surface area contributed by atoms with E-state index in [0.29, 0.717) is 26.2 Å². The minimum absolute atomic E-state index is 0.0468. The molecular formula is C15H30N4O2. The fourth-order valence-electron chi connectivity index (χ4n) is 2.60. The highest BCUT2D eigenvalue weighted by atomic mass is 16.2. The normalized spacial score (nSPS) is 17.6. The summed E-state index contributed by atoms with van der Waals surface area (Å²) in [7, 11) is 0. The molecule has 1 aliphatic heterocycles. The molecule has 2 amide bonds. The molecule has 1 fully saturated rings. The minimum atomic E-state index is -0.0468. The number of nitrogens with one attached hydrogen (secondary N) is 1. The van der Waals surface area contributed by atoms with Crippen molar-refractivity contribution in [1.82, 2.24) is 15.1 Å². The molecule has 0 spiro atoms. The lowest BCUT2D eigenvalue weighted by molar-refractivity contribution is -0.137. The van der Waals surface area contributed by atoms with Crippen molar-refractivity contribution in [2.75, 3.05) is 45.8 Å². The molecule has 0 radical (unpaired) electrons. The second-order valence-corrected chi connectivity index (χ2v) is 5.67. The van der Waals surface area contributed by atoms with E-state index in [1.807, 2.05) is 11.8 Å². The van der Waals surface area contributed by atoms with Crippen molar-refractivity contribution in [3.05, 3.63) is 0 Å². The van der Waals surface area contributed by atoms with Gasteiger partial charge in [0.15, 0.2) is 0 Å². The maximum atomic E-state index is 12.3. The number of hydrogen-bond donors (Lipinski definition) is 2. The van der Waals surface area contributed by atoms with Gasteiger partial charge in [-0.15, -0.1) is 0 Å². The highest BCUT2D eigenvalue weighted by Gasteiger charge is 2.26. The van der Waals surface area contributed by atoms with Gasteiger partial charge in [0.1, 0.15) is 0 Å². The summed E-state index contributed by atoms with van der Waals surface area (Å²) < 4.78 is 0. The molecule has 1 aliphatic rings. The zero-order chi connectivity index (χ0) is 15.7. The Morgan fingerprint density at radius 3 is 2.33 bits per heavy atom. The molecule has 1 saturated heterocycles. The first-order valence-corrected chi connectivity index (χ1v) is 8.10. The first kappa shape index (κ1) is 17.9. The summed E-state index contributed by atoms with van der Waals surface area (Å²) in [5.41, 5.74) is 5.70. The molecule has 1 rings (SSSR count). The number of piperazine rings is 1. The molecule has 6 heteroatoms. The average Bonchev–Trinajstić information content (AvgIpc) is 2.50.